The van der Waals surface area contributed by atoms with Crippen LogP contribution in [0, 0.1) is 0 Å². The Balaban J connectivity index is 1.52. The fourth-order valence-corrected chi connectivity index (χ4v) is 4.86. The van der Waals surface area contributed by atoms with Crippen LogP contribution in [0.2, 0.25) is 0 Å². The normalized spacial score (nSPS) is 14.3. The Morgan fingerprint density at radius 1 is 0.917 bits per heavy atom. The Morgan fingerprint density at radius 2 is 1.53 bits per heavy atom. The summed E-state index contributed by atoms with van der Waals surface area (Å²) in [4.78, 5) is 25.6. The van der Waals surface area contributed by atoms with E-state index in [9.17, 15) is 9.59 Å². The van der Waals surface area contributed by atoms with Crippen LogP contribution in [0.15, 0.2) is 83.8 Å². The zero-order chi connectivity index (χ0) is 25.3. The van der Waals surface area contributed by atoms with Gasteiger partial charge in [-0.25, -0.2) is 0 Å². The molecule has 184 valence electrons. The molecule has 1 aliphatic heterocycles. The highest BCUT2D eigenvalue weighted by molar-refractivity contribution is 8.26. The predicted octanol–water partition coefficient (Wildman–Crippen LogP) is 5.91. The molecule has 8 heteroatoms. The van der Waals surface area contributed by atoms with E-state index in [4.69, 9.17) is 26.8 Å². The first-order valence-electron chi connectivity index (χ1n) is 11.4. The molecule has 3 aromatic rings. The number of aliphatic carboxylic acids is 1. The van der Waals surface area contributed by atoms with Crippen LogP contribution < -0.4 is 9.47 Å². The van der Waals surface area contributed by atoms with E-state index in [2.05, 4.69) is 0 Å². The molecule has 1 saturated heterocycles. The summed E-state index contributed by atoms with van der Waals surface area (Å²) in [6.07, 6.45) is 2.11. The Labute approximate surface area is 219 Å². The van der Waals surface area contributed by atoms with E-state index in [1.165, 1.54) is 16.7 Å². The average Bonchev–Trinajstić information content (AvgIpc) is 3.15. The monoisotopic (exact) mass is 519 g/mol. The molecule has 0 bridgehead atoms. The van der Waals surface area contributed by atoms with E-state index in [1.807, 2.05) is 78.9 Å². The predicted molar refractivity (Wildman–Crippen MR) is 145 cm³/mol. The van der Waals surface area contributed by atoms with Crippen LogP contribution in [0.5, 0.6) is 11.5 Å². The fourth-order valence-electron chi connectivity index (χ4n) is 3.55. The van der Waals surface area contributed by atoms with Crippen LogP contribution >= 0.6 is 24.0 Å². The summed E-state index contributed by atoms with van der Waals surface area (Å²) in [7, 11) is 0. The van der Waals surface area contributed by atoms with Crippen molar-refractivity contribution in [2.75, 3.05) is 6.54 Å². The highest BCUT2D eigenvalue weighted by Crippen LogP contribution is 2.35. The van der Waals surface area contributed by atoms with Gasteiger partial charge in [-0.2, -0.15) is 0 Å². The topological polar surface area (TPSA) is 76.1 Å². The van der Waals surface area contributed by atoms with Crippen molar-refractivity contribution in [1.29, 1.82) is 0 Å². The smallest absolute Gasteiger partial charge is 0.303 e. The number of ether oxygens (including phenoxy) is 2. The largest absolute Gasteiger partial charge is 0.485 e. The maximum absolute atomic E-state index is 12.9. The molecule has 0 aliphatic carbocycles. The molecule has 1 N–H and O–H groups in total. The minimum absolute atomic E-state index is 0.0112. The second kappa shape index (κ2) is 12.4. The second-order valence-corrected chi connectivity index (χ2v) is 9.76. The van der Waals surface area contributed by atoms with E-state index < -0.39 is 5.97 Å². The molecule has 0 saturated carbocycles. The number of carboxylic acids is 1. The molecule has 4 rings (SSSR count). The van der Waals surface area contributed by atoms with Crippen molar-refractivity contribution in [1.82, 2.24) is 4.90 Å². The average molecular weight is 520 g/mol. The highest BCUT2D eigenvalue weighted by Gasteiger charge is 2.31. The summed E-state index contributed by atoms with van der Waals surface area (Å²) in [6.45, 7) is 1.06. The molecule has 0 unspecified atom stereocenters. The number of carboxylic acid groups (broad SMARTS) is 1. The van der Waals surface area contributed by atoms with E-state index in [-0.39, 0.29) is 18.9 Å². The van der Waals surface area contributed by atoms with Crippen molar-refractivity contribution in [3.63, 3.8) is 0 Å². The molecule has 1 heterocycles. The van der Waals surface area contributed by atoms with Crippen LogP contribution in [-0.2, 0) is 22.8 Å². The first kappa shape index (κ1) is 25.5. The lowest BCUT2D eigenvalue weighted by atomic mass is 10.1. The number of nitrogens with zero attached hydrogens (tertiary/aromatic N) is 1. The number of amides is 1. The summed E-state index contributed by atoms with van der Waals surface area (Å²) in [6, 6.07) is 25.3. The van der Waals surface area contributed by atoms with Crippen LogP contribution in [-0.4, -0.2) is 32.7 Å². The molecule has 0 atom stereocenters. The Hall–Kier alpha value is -3.62. The standard InChI is InChI=1S/C28H25NO5S2/c30-26(31)12-7-15-29-27(32)25(36-28(29)35)17-22-13-14-23(33-18-20-8-3-1-4-9-20)24(16-22)34-19-21-10-5-2-6-11-21/h1-6,8-11,13-14,16-17H,7,12,15,18-19H2,(H,30,31). The third kappa shape index (κ3) is 6.96. The van der Waals surface area contributed by atoms with E-state index in [0.29, 0.717) is 40.4 Å². The number of hydrogen-bond donors (Lipinski definition) is 1. The molecular weight excluding hydrogens is 494 g/mol. The summed E-state index contributed by atoms with van der Waals surface area (Å²) in [5.41, 5.74) is 2.84. The van der Waals surface area contributed by atoms with Gasteiger partial charge in [-0.1, -0.05) is 90.7 Å². The van der Waals surface area contributed by atoms with Gasteiger partial charge in [0.1, 0.15) is 17.5 Å². The SMILES string of the molecule is O=C(O)CCCN1C(=O)C(=Cc2ccc(OCc3ccccc3)c(OCc3ccccc3)c2)SC1=S. The summed E-state index contributed by atoms with van der Waals surface area (Å²) < 4.78 is 12.6. The van der Waals surface area contributed by atoms with Gasteiger partial charge in [0.05, 0.1) is 4.91 Å². The Kier molecular flexibility index (Phi) is 8.76. The molecule has 0 spiro atoms. The van der Waals surface area contributed by atoms with Gasteiger partial charge in [0.25, 0.3) is 5.91 Å². The quantitative estimate of drug-likeness (QED) is 0.249. The molecule has 0 radical (unpaired) electrons. The zero-order valence-corrected chi connectivity index (χ0v) is 21.1. The summed E-state index contributed by atoms with van der Waals surface area (Å²) in [5, 5.41) is 8.86. The van der Waals surface area contributed by atoms with E-state index >= 15 is 0 Å². The van der Waals surface area contributed by atoms with Gasteiger partial charge in [-0.05, 0) is 41.3 Å². The number of thiocarbonyl (C=S) groups is 1. The number of carbonyl (C=O) groups is 2. The molecule has 1 fully saturated rings. The van der Waals surface area contributed by atoms with Crippen molar-refractivity contribution in [2.45, 2.75) is 26.1 Å². The van der Waals surface area contributed by atoms with Crippen molar-refractivity contribution in [3.05, 3.63) is 100 Å². The van der Waals surface area contributed by atoms with Gasteiger partial charge in [0.15, 0.2) is 11.5 Å². The van der Waals surface area contributed by atoms with Gasteiger partial charge in [0.2, 0.25) is 0 Å². The lowest BCUT2D eigenvalue weighted by molar-refractivity contribution is -0.137. The maximum atomic E-state index is 12.9. The van der Waals surface area contributed by atoms with Crippen LogP contribution in [0.1, 0.15) is 29.5 Å². The molecular formula is C28H25NO5S2. The van der Waals surface area contributed by atoms with Crippen LogP contribution in [0.25, 0.3) is 6.08 Å². The van der Waals surface area contributed by atoms with Crippen molar-refractivity contribution in [3.8, 4) is 11.5 Å². The lowest BCUT2D eigenvalue weighted by Gasteiger charge is -2.14. The fraction of sp³-hybridized carbons (Fsp3) is 0.179. The Bertz CT molecular complexity index is 1260. The van der Waals surface area contributed by atoms with Gasteiger partial charge in [0, 0.05) is 13.0 Å². The van der Waals surface area contributed by atoms with Crippen molar-refractivity contribution in [2.24, 2.45) is 0 Å². The van der Waals surface area contributed by atoms with Crippen LogP contribution in [0.4, 0.5) is 0 Å². The minimum Gasteiger partial charge on any atom is -0.485 e. The third-order valence-electron chi connectivity index (χ3n) is 5.39. The summed E-state index contributed by atoms with van der Waals surface area (Å²) in [5.74, 6) is 0.0637. The number of benzene rings is 3. The maximum Gasteiger partial charge on any atom is 0.303 e. The number of rotatable bonds is 11. The molecule has 6 nitrogen and oxygen atoms in total. The minimum atomic E-state index is -0.895. The third-order valence-corrected chi connectivity index (χ3v) is 6.76. The van der Waals surface area contributed by atoms with Crippen molar-refractivity contribution >= 4 is 46.3 Å². The van der Waals surface area contributed by atoms with Gasteiger partial charge < -0.3 is 14.6 Å². The van der Waals surface area contributed by atoms with Crippen LogP contribution in [0.3, 0.4) is 0 Å². The zero-order valence-electron chi connectivity index (χ0n) is 19.5. The molecule has 0 aromatic heterocycles. The molecule has 1 amide bonds. The van der Waals surface area contributed by atoms with Gasteiger partial charge in [-0.3, -0.25) is 14.5 Å². The number of carbonyl (C=O) groups excluding carboxylic acids is 1. The van der Waals surface area contributed by atoms with Gasteiger partial charge in [-0.15, -0.1) is 0 Å². The lowest BCUT2D eigenvalue weighted by Crippen LogP contribution is -2.29. The first-order chi connectivity index (χ1) is 17.5. The number of hydrogen-bond acceptors (Lipinski definition) is 6. The van der Waals surface area contributed by atoms with Crippen molar-refractivity contribution < 1.29 is 24.2 Å². The number of thioether (sulfide) groups is 1. The van der Waals surface area contributed by atoms with E-state index in [1.54, 1.807) is 6.08 Å². The summed E-state index contributed by atoms with van der Waals surface area (Å²) >= 11 is 6.56. The first-order valence-corrected chi connectivity index (χ1v) is 12.7. The van der Waals surface area contributed by atoms with E-state index in [0.717, 1.165) is 16.7 Å². The Morgan fingerprint density at radius 3 is 2.14 bits per heavy atom. The molecule has 1 aliphatic rings. The molecule has 36 heavy (non-hydrogen) atoms. The second-order valence-electron chi connectivity index (χ2n) is 8.09. The van der Waals surface area contributed by atoms with Gasteiger partial charge >= 0.3 is 5.97 Å². The highest BCUT2D eigenvalue weighted by atomic mass is 32.2. The molecule has 3 aromatic carbocycles.